The smallest absolute Gasteiger partial charge is 0.406 e. The third-order valence-electron chi connectivity index (χ3n) is 3.22. The highest BCUT2D eigenvalue weighted by atomic mass is 19.4. The van der Waals surface area contributed by atoms with Gasteiger partial charge in [-0.3, -0.25) is 0 Å². The molecule has 0 saturated heterocycles. The van der Waals surface area contributed by atoms with E-state index in [0.717, 1.165) is 4.57 Å². The molecule has 0 spiro atoms. The van der Waals surface area contributed by atoms with Crippen molar-refractivity contribution in [2.75, 3.05) is 19.5 Å². The lowest BCUT2D eigenvalue weighted by Crippen LogP contribution is -2.32. The predicted molar refractivity (Wildman–Crippen MR) is 81.8 cm³/mol. The van der Waals surface area contributed by atoms with Crippen LogP contribution in [0.25, 0.3) is 0 Å². The fourth-order valence-corrected chi connectivity index (χ4v) is 2.01. The molecule has 1 N–H and O–H groups in total. The van der Waals surface area contributed by atoms with Crippen LogP contribution in [0.3, 0.4) is 0 Å². The molecular weight excluding hydrogens is 325 g/mol. The second kappa shape index (κ2) is 7.24. The minimum absolute atomic E-state index is 0.0505. The molecule has 0 atom stereocenters. The number of benzene rings is 1. The van der Waals surface area contributed by atoms with Crippen LogP contribution in [0.4, 0.5) is 23.7 Å². The van der Waals surface area contributed by atoms with Crippen molar-refractivity contribution in [2.45, 2.75) is 19.3 Å². The highest BCUT2D eigenvalue weighted by molar-refractivity contribution is 5.89. The van der Waals surface area contributed by atoms with Crippen LogP contribution in [-0.4, -0.2) is 40.8 Å². The van der Waals surface area contributed by atoms with Crippen molar-refractivity contribution >= 4 is 11.7 Å². The Morgan fingerprint density at radius 3 is 2.58 bits per heavy atom. The lowest BCUT2D eigenvalue weighted by Gasteiger charge is -2.19. The second-order valence-corrected chi connectivity index (χ2v) is 5.10. The summed E-state index contributed by atoms with van der Waals surface area (Å²) in [6.07, 6.45) is -1.84. The van der Waals surface area contributed by atoms with Gasteiger partial charge in [0.2, 0.25) is 0 Å². The molecule has 1 aromatic carbocycles. The molecule has 0 aliphatic rings. The SMILES string of the molecule is COc1ccc(NC(=O)N(C)Cc2nccn2CC(F)(F)F)cc1. The number of nitrogens with one attached hydrogen (secondary N) is 1. The Labute approximate surface area is 136 Å². The van der Waals surface area contributed by atoms with E-state index in [0.29, 0.717) is 11.4 Å². The Balaban J connectivity index is 1.97. The third-order valence-corrected chi connectivity index (χ3v) is 3.22. The van der Waals surface area contributed by atoms with E-state index < -0.39 is 18.8 Å². The van der Waals surface area contributed by atoms with Gasteiger partial charge >= 0.3 is 12.2 Å². The number of ether oxygens (including phenoxy) is 1. The summed E-state index contributed by atoms with van der Waals surface area (Å²) in [5.41, 5.74) is 0.547. The maximum Gasteiger partial charge on any atom is 0.406 e. The molecule has 2 amide bonds. The number of urea groups is 1. The van der Waals surface area contributed by atoms with Gasteiger partial charge in [0.1, 0.15) is 18.1 Å². The number of anilines is 1. The number of carbonyl (C=O) groups is 1. The molecule has 1 heterocycles. The van der Waals surface area contributed by atoms with Gasteiger partial charge in [0.05, 0.1) is 13.7 Å². The number of halogens is 3. The van der Waals surface area contributed by atoms with Gasteiger partial charge in [-0.1, -0.05) is 0 Å². The summed E-state index contributed by atoms with van der Waals surface area (Å²) in [7, 11) is 3.01. The van der Waals surface area contributed by atoms with Crippen LogP contribution in [0.5, 0.6) is 5.75 Å². The van der Waals surface area contributed by atoms with E-state index in [4.69, 9.17) is 4.74 Å². The molecule has 0 fully saturated rings. The molecule has 1 aromatic heterocycles. The fraction of sp³-hybridized carbons (Fsp3) is 0.333. The number of imidazole rings is 1. The quantitative estimate of drug-likeness (QED) is 0.908. The largest absolute Gasteiger partial charge is 0.497 e. The predicted octanol–water partition coefficient (Wildman–Crippen LogP) is 3.12. The van der Waals surface area contributed by atoms with Gasteiger partial charge in [-0.2, -0.15) is 13.2 Å². The number of amides is 2. The van der Waals surface area contributed by atoms with Gasteiger partial charge in [0, 0.05) is 25.1 Å². The first-order valence-corrected chi connectivity index (χ1v) is 7.01. The first-order chi connectivity index (χ1) is 11.3. The number of rotatable bonds is 5. The molecule has 0 radical (unpaired) electrons. The maximum absolute atomic E-state index is 12.5. The van der Waals surface area contributed by atoms with Gasteiger partial charge in [-0.15, -0.1) is 0 Å². The van der Waals surface area contributed by atoms with E-state index in [-0.39, 0.29) is 12.4 Å². The standard InChI is InChI=1S/C15H17F3N4O2/c1-21(9-13-19-7-8-22(13)10-15(16,17)18)14(23)20-11-3-5-12(24-2)6-4-11/h3-8H,9-10H2,1-2H3,(H,20,23). The highest BCUT2D eigenvalue weighted by Gasteiger charge is 2.29. The molecular formula is C15H17F3N4O2. The Morgan fingerprint density at radius 1 is 1.33 bits per heavy atom. The van der Waals surface area contributed by atoms with Gasteiger partial charge in [0.15, 0.2) is 0 Å². The molecule has 2 rings (SSSR count). The van der Waals surface area contributed by atoms with Crippen LogP contribution in [0.15, 0.2) is 36.7 Å². The zero-order valence-corrected chi connectivity index (χ0v) is 13.2. The van der Waals surface area contributed by atoms with Crippen molar-refractivity contribution in [1.29, 1.82) is 0 Å². The molecule has 0 saturated carbocycles. The molecule has 0 bridgehead atoms. The van der Waals surface area contributed by atoms with Crippen molar-refractivity contribution in [3.05, 3.63) is 42.5 Å². The van der Waals surface area contributed by atoms with E-state index >= 15 is 0 Å². The normalized spacial score (nSPS) is 11.2. The summed E-state index contributed by atoms with van der Waals surface area (Å²) in [6, 6.07) is 6.24. The second-order valence-electron chi connectivity index (χ2n) is 5.10. The lowest BCUT2D eigenvalue weighted by molar-refractivity contribution is -0.141. The number of nitrogens with zero attached hydrogens (tertiary/aromatic N) is 3. The molecule has 0 aliphatic carbocycles. The zero-order valence-electron chi connectivity index (χ0n) is 13.2. The molecule has 0 unspecified atom stereocenters. The summed E-state index contributed by atoms with van der Waals surface area (Å²) in [5.74, 6) is 0.801. The number of methoxy groups -OCH3 is 1. The van der Waals surface area contributed by atoms with Gasteiger partial charge < -0.3 is 19.5 Å². The average Bonchev–Trinajstić information content (AvgIpc) is 2.93. The van der Waals surface area contributed by atoms with Crippen LogP contribution in [0.1, 0.15) is 5.82 Å². The summed E-state index contributed by atoms with van der Waals surface area (Å²) < 4.78 is 43.5. The van der Waals surface area contributed by atoms with Crippen LogP contribution in [0.2, 0.25) is 0 Å². The van der Waals surface area contributed by atoms with E-state index in [1.165, 1.54) is 31.5 Å². The van der Waals surface area contributed by atoms with Crippen LogP contribution < -0.4 is 10.1 Å². The first-order valence-electron chi connectivity index (χ1n) is 7.01. The highest BCUT2D eigenvalue weighted by Crippen LogP contribution is 2.19. The summed E-state index contributed by atoms with van der Waals surface area (Å²) >= 11 is 0. The minimum Gasteiger partial charge on any atom is -0.497 e. The molecule has 130 valence electrons. The topological polar surface area (TPSA) is 59.4 Å². The summed E-state index contributed by atoms with van der Waals surface area (Å²) in [5, 5.41) is 2.65. The van der Waals surface area contributed by atoms with Crippen LogP contribution in [-0.2, 0) is 13.1 Å². The number of hydrogen-bond acceptors (Lipinski definition) is 3. The van der Waals surface area contributed by atoms with Crippen LogP contribution in [0, 0.1) is 0 Å². The Kier molecular flexibility index (Phi) is 5.32. The fourth-order valence-electron chi connectivity index (χ4n) is 2.01. The number of carbonyl (C=O) groups excluding carboxylic acids is 1. The Hall–Kier alpha value is -2.71. The minimum atomic E-state index is -4.35. The van der Waals surface area contributed by atoms with E-state index in [2.05, 4.69) is 10.3 Å². The lowest BCUT2D eigenvalue weighted by atomic mass is 10.3. The molecule has 6 nitrogen and oxygen atoms in total. The van der Waals surface area contributed by atoms with Gasteiger partial charge in [-0.05, 0) is 24.3 Å². The number of alkyl halides is 3. The first kappa shape index (κ1) is 17.6. The van der Waals surface area contributed by atoms with Crippen molar-refractivity contribution < 1.29 is 22.7 Å². The molecule has 24 heavy (non-hydrogen) atoms. The number of aromatic nitrogens is 2. The van der Waals surface area contributed by atoms with E-state index in [1.807, 2.05) is 0 Å². The van der Waals surface area contributed by atoms with E-state index in [9.17, 15) is 18.0 Å². The Morgan fingerprint density at radius 2 is 2.00 bits per heavy atom. The molecule has 0 aliphatic heterocycles. The number of hydrogen-bond donors (Lipinski definition) is 1. The average molecular weight is 342 g/mol. The zero-order chi connectivity index (χ0) is 17.7. The van der Waals surface area contributed by atoms with Crippen molar-refractivity contribution in [3.63, 3.8) is 0 Å². The molecule has 2 aromatic rings. The third kappa shape index (κ3) is 4.90. The summed E-state index contributed by atoms with van der Waals surface area (Å²) in [6.45, 7) is -1.19. The van der Waals surface area contributed by atoms with Crippen molar-refractivity contribution in [1.82, 2.24) is 14.5 Å². The maximum atomic E-state index is 12.5. The summed E-state index contributed by atoms with van der Waals surface area (Å²) in [4.78, 5) is 17.2. The van der Waals surface area contributed by atoms with Crippen molar-refractivity contribution in [3.8, 4) is 5.75 Å². The van der Waals surface area contributed by atoms with Gasteiger partial charge in [-0.25, -0.2) is 9.78 Å². The van der Waals surface area contributed by atoms with E-state index in [1.54, 1.807) is 24.3 Å². The monoisotopic (exact) mass is 342 g/mol. The Bertz CT molecular complexity index is 683. The van der Waals surface area contributed by atoms with Crippen LogP contribution >= 0.6 is 0 Å². The molecule has 9 heteroatoms. The van der Waals surface area contributed by atoms with Crippen molar-refractivity contribution in [2.24, 2.45) is 0 Å². The van der Waals surface area contributed by atoms with Gasteiger partial charge in [0.25, 0.3) is 0 Å².